The third-order valence-corrected chi connectivity index (χ3v) is 9.17. The van der Waals surface area contributed by atoms with E-state index in [0.29, 0.717) is 5.04 Å². The van der Waals surface area contributed by atoms with Crippen LogP contribution in [0.15, 0.2) is 5.16 Å². The number of unbranched alkanes of at least 4 members (excludes halogenated alkanes) is 2. The fraction of sp³-hybridized carbons (Fsp3) is 0.929. The van der Waals surface area contributed by atoms with Crippen LogP contribution < -0.4 is 0 Å². The summed E-state index contributed by atoms with van der Waals surface area (Å²) in [7, 11) is -1.57. The molecule has 0 heterocycles. The van der Waals surface area contributed by atoms with E-state index in [-0.39, 0.29) is 0 Å². The molecule has 3 nitrogen and oxygen atoms in total. The van der Waals surface area contributed by atoms with Crippen LogP contribution in [0, 0.1) is 0 Å². The van der Waals surface area contributed by atoms with Gasteiger partial charge in [0.25, 0.3) is 0 Å². The minimum absolute atomic E-state index is 0.293. The molecule has 1 N–H and O–H groups in total. The molecular weight excluding hydrogens is 274 g/mol. The van der Waals surface area contributed by atoms with E-state index in [1.54, 1.807) is 11.8 Å². The molecule has 0 aliphatic carbocycles. The molecule has 0 aliphatic rings. The Kier molecular flexibility index (Phi) is 9.03. The predicted octanol–water partition coefficient (Wildman–Crippen LogP) is 5.11. The van der Waals surface area contributed by atoms with Gasteiger partial charge in [-0.3, -0.25) is 0 Å². The summed E-state index contributed by atoms with van der Waals surface area (Å²) in [5.74, 6) is 0.966. The summed E-state index contributed by atoms with van der Waals surface area (Å²) in [4.78, 5) is 0. The molecule has 0 bridgehead atoms. The minimum Gasteiger partial charge on any atom is -0.417 e. The number of rotatable bonds is 8. The second-order valence-electron chi connectivity index (χ2n) is 6.35. The topological polar surface area (TPSA) is 41.8 Å². The highest BCUT2D eigenvalue weighted by atomic mass is 32.2. The summed E-state index contributed by atoms with van der Waals surface area (Å²) < 4.78 is 6.13. The van der Waals surface area contributed by atoms with Crippen molar-refractivity contribution >= 4 is 25.1 Å². The number of thioether (sulfide) groups is 1. The van der Waals surface area contributed by atoms with Gasteiger partial charge < -0.3 is 9.63 Å². The zero-order chi connectivity index (χ0) is 14.9. The van der Waals surface area contributed by atoms with E-state index in [2.05, 4.69) is 45.9 Å². The first-order valence-electron chi connectivity index (χ1n) is 7.22. The minimum atomic E-state index is -1.57. The summed E-state index contributed by atoms with van der Waals surface area (Å²) in [6, 6.07) is 0. The third-order valence-electron chi connectivity index (χ3n) is 3.73. The lowest BCUT2D eigenvalue weighted by atomic mass is 10.2. The van der Waals surface area contributed by atoms with Crippen LogP contribution in [0.5, 0.6) is 0 Å². The highest BCUT2D eigenvalue weighted by Crippen LogP contribution is 2.36. The Morgan fingerprint density at radius 1 is 1.21 bits per heavy atom. The van der Waals surface area contributed by atoms with Gasteiger partial charge in [0, 0.05) is 6.61 Å². The maximum absolute atomic E-state index is 8.80. The molecule has 0 aromatic heterocycles. The second kappa shape index (κ2) is 9.03. The zero-order valence-electron chi connectivity index (χ0n) is 13.5. The van der Waals surface area contributed by atoms with Crippen molar-refractivity contribution in [1.29, 1.82) is 0 Å². The van der Waals surface area contributed by atoms with Crippen LogP contribution in [0.25, 0.3) is 0 Å². The van der Waals surface area contributed by atoms with Gasteiger partial charge in [-0.2, -0.15) is 0 Å². The Bertz CT molecular complexity index is 275. The molecule has 114 valence electrons. The molecule has 0 radical (unpaired) electrons. The molecule has 0 aromatic rings. The molecule has 0 spiro atoms. The van der Waals surface area contributed by atoms with E-state index >= 15 is 0 Å². The Labute approximate surface area is 124 Å². The van der Waals surface area contributed by atoms with Crippen molar-refractivity contribution in [1.82, 2.24) is 0 Å². The van der Waals surface area contributed by atoms with Gasteiger partial charge in [0.05, 0.1) is 0 Å². The van der Waals surface area contributed by atoms with E-state index in [1.807, 2.05) is 0 Å². The van der Waals surface area contributed by atoms with Crippen molar-refractivity contribution in [3.63, 3.8) is 0 Å². The van der Waals surface area contributed by atoms with Crippen molar-refractivity contribution in [3.05, 3.63) is 0 Å². The first kappa shape index (κ1) is 19.0. The quantitative estimate of drug-likeness (QED) is 0.169. The average Bonchev–Trinajstić information content (AvgIpc) is 2.30. The normalized spacial score (nSPS) is 13.9. The number of nitrogens with zero attached hydrogens (tertiary/aromatic N) is 1. The standard InChI is InChI=1S/C14H31NO2SSi/c1-7-18-13(15-16)11-9-8-10-12-17-19(5,6)14(2,3)4/h16H,7-12H2,1-6H3/b15-13-. The Morgan fingerprint density at radius 3 is 2.32 bits per heavy atom. The average molecular weight is 306 g/mol. The first-order chi connectivity index (χ1) is 8.74. The summed E-state index contributed by atoms with van der Waals surface area (Å²) >= 11 is 1.62. The summed E-state index contributed by atoms with van der Waals surface area (Å²) in [6.07, 6.45) is 4.20. The van der Waals surface area contributed by atoms with Gasteiger partial charge in [-0.25, -0.2) is 0 Å². The van der Waals surface area contributed by atoms with Crippen molar-refractivity contribution in [3.8, 4) is 0 Å². The zero-order valence-corrected chi connectivity index (χ0v) is 15.3. The van der Waals surface area contributed by atoms with Gasteiger partial charge in [-0.15, -0.1) is 11.8 Å². The molecule has 0 rings (SSSR count). The van der Waals surface area contributed by atoms with E-state index in [4.69, 9.17) is 9.63 Å². The van der Waals surface area contributed by atoms with Gasteiger partial charge >= 0.3 is 0 Å². The molecule has 0 saturated heterocycles. The Morgan fingerprint density at radius 2 is 1.84 bits per heavy atom. The van der Waals surface area contributed by atoms with Crippen molar-refractivity contribution < 1.29 is 9.63 Å². The van der Waals surface area contributed by atoms with E-state index in [0.717, 1.165) is 43.1 Å². The van der Waals surface area contributed by atoms with Crippen LogP contribution in [0.2, 0.25) is 18.1 Å². The van der Waals surface area contributed by atoms with Crippen LogP contribution in [0.4, 0.5) is 0 Å². The number of hydrogen-bond acceptors (Lipinski definition) is 4. The van der Waals surface area contributed by atoms with Gasteiger partial charge in [0.2, 0.25) is 0 Å². The van der Waals surface area contributed by atoms with Crippen LogP contribution in [-0.4, -0.2) is 30.9 Å². The fourth-order valence-electron chi connectivity index (χ4n) is 1.42. The van der Waals surface area contributed by atoms with Gasteiger partial charge in [0.1, 0.15) is 5.04 Å². The van der Waals surface area contributed by atoms with E-state index in [1.165, 1.54) is 0 Å². The fourth-order valence-corrected chi connectivity index (χ4v) is 3.18. The molecular formula is C14H31NO2SSi. The van der Waals surface area contributed by atoms with Crippen LogP contribution in [0.1, 0.15) is 53.4 Å². The smallest absolute Gasteiger partial charge is 0.191 e. The Balaban J connectivity index is 3.72. The lowest BCUT2D eigenvalue weighted by Crippen LogP contribution is -2.40. The van der Waals surface area contributed by atoms with Crippen molar-refractivity contribution in [2.75, 3.05) is 12.4 Å². The maximum Gasteiger partial charge on any atom is 0.191 e. The van der Waals surface area contributed by atoms with Crippen LogP contribution in [-0.2, 0) is 4.43 Å². The monoisotopic (exact) mass is 305 g/mol. The maximum atomic E-state index is 8.80. The molecule has 19 heavy (non-hydrogen) atoms. The molecule has 0 saturated carbocycles. The van der Waals surface area contributed by atoms with Gasteiger partial charge in [-0.05, 0) is 43.1 Å². The molecule has 0 aromatic carbocycles. The van der Waals surface area contributed by atoms with Crippen molar-refractivity contribution in [2.45, 2.75) is 71.5 Å². The molecule has 0 fully saturated rings. The highest BCUT2D eigenvalue weighted by Gasteiger charge is 2.36. The summed E-state index contributed by atoms with van der Waals surface area (Å²) in [6.45, 7) is 14.3. The molecule has 0 amide bonds. The number of hydrogen-bond donors (Lipinski definition) is 1. The second-order valence-corrected chi connectivity index (χ2v) is 12.5. The molecule has 0 atom stereocenters. The van der Waals surface area contributed by atoms with E-state index < -0.39 is 8.32 Å². The molecule has 0 aliphatic heterocycles. The van der Waals surface area contributed by atoms with Crippen LogP contribution in [0.3, 0.4) is 0 Å². The van der Waals surface area contributed by atoms with Crippen LogP contribution >= 0.6 is 11.8 Å². The lowest BCUT2D eigenvalue weighted by Gasteiger charge is -2.36. The summed E-state index contributed by atoms with van der Waals surface area (Å²) in [5, 5.41) is 13.3. The lowest BCUT2D eigenvalue weighted by molar-refractivity contribution is 0.278. The SMILES string of the molecule is CCS/C(CCCCCO[Si](C)(C)C(C)(C)C)=N\O. The van der Waals surface area contributed by atoms with E-state index in [9.17, 15) is 0 Å². The molecule has 5 heteroatoms. The number of oxime groups is 1. The highest BCUT2D eigenvalue weighted by molar-refractivity contribution is 8.13. The predicted molar refractivity (Wildman–Crippen MR) is 89.0 cm³/mol. The van der Waals surface area contributed by atoms with Gasteiger partial charge in [0.15, 0.2) is 8.32 Å². The molecule has 0 unspecified atom stereocenters. The van der Waals surface area contributed by atoms with Crippen molar-refractivity contribution in [2.24, 2.45) is 5.16 Å². The first-order valence-corrected chi connectivity index (χ1v) is 11.1. The Hall–Kier alpha value is -0.00312. The third kappa shape index (κ3) is 8.00. The largest absolute Gasteiger partial charge is 0.417 e. The summed E-state index contributed by atoms with van der Waals surface area (Å²) in [5.41, 5.74) is 0. The van der Waals surface area contributed by atoms with Gasteiger partial charge in [-0.1, -0.05) is 39.3 Å².